The zero-order chi connectivity index (χ0) is 15.0. The molecule has 0 atom stereocenters. The molecule has 21 heavy (non-hydrogen) atoms. The minimum atomic E-state index is -0.331. The largest absolute Gasteiger partial charge is 0.399 e. The maximum atomic E-state index is 13.2. The van der Waals surface area contributed by atoms with Gasteiger partial charge in [-0.1, -0.05) is 0 Å². The molecule has 108 valence electrons. The number of anilines is 2. The number of carbonyl (C=O) groups is 1. The molecular weight excluding hydrogens is 382 g/mol. The smallest absolute Gasteiger partial charge is 0.259 e. The van der Waals surface area contributed by atoms with Crippen LogP contribution in [0.5, 0.6) is 0 Å². The average molecular weight is 396 g/mol. The van der Waals surface area contributed by atoms with E-state index in [0.717, 1.165) is 24.1 Å². The van der Waals surface area contributed by atoms with Crippen molar-refractivity contribution < 1.29 is 9.18 Å². The van der Waals surface area contributed by atoms with Crippen molar-refractivity contribution in [3.05, 3.63) is 56.9 Å². The number of amides is 1. The third-order valence-corrected chi connectivity index (χ3v) is 4.52. The first-order valence-corrected chi connectivity index (χ1v) is 7.79. The standard InChI is InChI=1S/C16H14FIN2O/c17-11-3-5-13(14(18)9-11)16(21)20-7-1-2-10-8-12(19)4-6-15(10)20/h3-6,8-9H,1-2,7,19H2. The molecule has 0 aliphatic carbocycles. The van der Waals surface area contributed by atoms with Gasteiger partial charge in [-0.2, -0.15) is 0 Å². The van der Waals surface area contributed by atoms with Crippen LogP contribution in [0, 0.1) is 9.39 Å². The molecule has 2 aromatic rings. The molecule has 5 heteroatoms. The van der Waals surface area contributed by atoms with Gasteiger partial charge in [-0.15, -0.1) is 0 Å². The SMILES string of the molecule is Nc1ccc2c(c1)CCCN2C(=O)c1ccc(F)cc1I. The number of nitrogens with zero attached hydrogens (tertiary/aromatic N) is 1. The number of rotatable bonds is 1. The van der Waals surface area contributed by atoms with Crippen molar-refractivity contribution in [2.45, 2.75) is 12.8 Å². The number of nitrogen functional groups attached to an aromatic ring is 1. The molecule has 3 nitrogen and oxygen atoms in total. The second-order valence-electron chi connectivity index (χ2n) is 5.07. The lowest BCUT2D eigenvalue weighted by Gasteiger charge is -2.30. The molecule has 0 fully saturated rings. The lowest BCUT2D eigenvalue weighted by atomic mass is 10.00. The van der Waals surface area contributed by atoms with Gasteiger partial charge in [0, 0.05) is 21.5 Å². The van der Waals surface area contributed by atoms with Gasteiger partial charge >= 0.3 is 0 Å². The molecule has 2 aromatic carbocycles. The Morgan fingerprint density at radius 2 is 2.05 bits per heavy atom. The molecule has 0 bridgehead atoms. The van der Waals surface area contributed by atoms with E-state index in [9.17, 15) is 9.18 Å². The molecular formula is C16H14FIN2O. The Morgan fingerprint density at radius 3 is 2.81 bits per heavy atom. The highest BCUT2D eigenvalue weighted by atomic mass is 127. The highest BCUT2D eigenvalue weighted by Crippen LogP contribution is 2.30. The van der Waals surface area contributed by atoms with E-state index in [1.807, 2.05) is 34.7 Å². The Kier molecular flexibility index (Phi) is 3.84. The van der Waals surface area contributed by atoms with E-state index in [2.05, 4.69) is 0 Å². The molecule has 1 heterocycles. The molecule has 0 saturated heterocycles. The van der Waals surface area contributed by atoms with Crippen molar-refractivity contribution in [1.29, 1.82) is 0 Å². The quantitative estimate of drug-likeness (QED) is 0.592. The molecule has 0 unspecified atom stereocenters. The van der Waals surface area contributed by atoms with E-state index < -0.39 is 0 Å². The fourth-order valence-corrected chi connectivity index (χ4v) is 3.34. The fraction of sp³-hybridized carbons (Fsp3) is 0.188. The van der Waals surface area contributed by atoms with E-state index in [-0.39, 0.29) is 11.7 Å². The molecule has 3 rings (SSSR count). The summed E-state index contributed by atoms with van der Waals surface area (Å²) in [5, 5.41) is 0. The summed E-state index contributed by atoms with van der Waals surface area (Å²) in [6, 6.07) is 9.86. The topological polar surface area (TPSA) is 46.3 Å². The Hall–Kier alpha value is -1.63. The van der Waals surface area contributed by atoms with Crippen molar-refractivity contribution in [1.82, 2.24) is 0 Å². The van der Waals surface area contributed by atoms with Gasteiger partial charge in [0.15, 0.2) is 0 Å². The Labute approximate surface area is 136 Å². The van der Waals surface area contributed by atoms with Crippen molar-refractivity contribution in [3.8, 4) is 0 Å². The molecule has 0 radical (unpaired) electrons. The maximum absolute atomic E-state index is 13.2. The van der Waals surface area contributed by atoms with E-state index in [4.69, 9.17) is 5.73 Å². The van der Waals surface area contributed by atoms with Gasteiger partial charge in [-0.3, -0.25) is 4.79 Å². The highest BCUT2D eigenvalue weighted by Gasteiger charge is 2.25. The molecule has 2 N–H and O–H groups in total. The predicted octanol–water partition coefficient (Wildman–Crippen LogP) is 3.61. The van der Waals surface area contributed by atoms with Crippen molar-refractivity contribution in [3.63, 3.8) is 0 Å². The van der Waals surface area contributed by atoms with Crippen LogP contribution < -0.4 is 10.6 Å². The zero-order valence-corrected chi connectivity index (χ0v) is 13.4. The summed E-state index contributed by atoms with van der Waals surface area (Å²) in [7, 11) is 0. The maximum Gasteiger partial charge on any atom is 0.259 e. The zero-order valence-electron chi connectivity index (χ0n) is 11.3. The summed E-state index contributed by atoms with van der Waals surface area (Å²) in [6.45, 7) is 0.670. The third kappa shape index (κ3) is 2.74. The normalized spacial score (nSPS) is 13.9. The molecule has 1 aliphatic heterocycles. The van der Waals surface area contributed by atoms with E-state index >= 15 is 0 Å². The second-order valence-corrected chi connectivity index (χ2v) is 6.23. The summed E-state index contributed by atoms with van der Waals surface area (Å²) in [6.07, 6.45) is 1.82. The summed E-state index contributed by atoms with van der Waals surface area (Å²) < 4.78 is 13.8. The molecule has 1 amide bonds. The number of fused-ring (bicyclic) bond motifs is 1. The van der Waals surface area contributed by atoms with Crippen molar-refractivity contribution in [2.75, 3.05) is 17.2 Å². The fourth-order valence-electron chi connectivity index (χ4n) is 2.64. The molecule has 1 aliphatic rings. The Balaban J connectivity index is 2.00. The van der Waals surface area contributed by atoms with E-state index in [0.29, 0.717) is 21.4 Å². The Morgan fingerprint density at radius 1 is 1.24 bits per heavy atom. The molecule has 0 saturated carbocycles. The van der Waals surface area contributed by atoms with Crippen LogP contribution >= 0.6 is 22.6 Å². The van der Waals surface area contributed by atoms with Crippen molar-refractivity contribution in [2.24, 2.45) is 0 Å². The summed E-state index contributed by atoms with van der Waals surface area (Å²) >= 11 is 1.99. The number of halogens is 2. The van der Waals surface area contributed by atoms with Gasteiger partial charge in [0.2, 0.25) is 0 Å². The lowest BCUT2D eigenvalue weighted by molar-refractivity contribution is 0.0984. The third-order valence-electron chi connectivity index (χ3n) is 3.63. The number of nitrogens with two attached hydrogens (primary N) is 1. The summed E-state index contributed by atoms with van der Waals surface area (Å²) in [5.41, 5.74) is 9.04. The summed E-state index contributed by atoms with van der Waals surface area (Å²) in [5.74, 6) is -0.423. The monoisotopic (exact) mass is 396 g/mol. The number of aryl methyl sites for hydroxylation is 1. The van der Waals surface area contributed by atoms with Crippen LogP contribution in [0.1, 0.15) is 22.3 Å². The average Bonchev–Trinajstić information content (AvgIpc) is 2.45. The minimum Gasteiger partial charge on any atom is -0.399 e. The predicted molar refractivity (Wildman–Crippen MR) is 90.0 cm³/mol. The number of hydrogen-bond donors (Lipinski definition) is 1. The molecule has 0 aromatic heterocycles. The van der Waals surface area contributed by atoms with Crippen molar-refractivity contribution >= 4 is 39.9 Å². The minimum absolute atomic E-state index is 0.0925. The van der Waals surface area contributed by atoms with E-state index in [1.54, 1.807) is 17.0 Å². The van der Waals surface area contributed by atoms with Gasteiger partial charge in [0.05, 0.1) is 5.56 Å². The Bertz CT molecular complexity index is 717. The van der Waals surface area contributed by atoms with Gasteiger partial charge in [-0.25, -0.2) is 4.39 Å². The van der Waals surface area contributed by atoms with Crippen LogP contribution in [-0.2, 0) is 6.42 Å². The van der Waals surface area contributed by atoms with Crippen LogP contribution in [0.25, 0.3) is 0 Å². The van der Waals surface area contributed by atoms with Crippen LogP contribution in [0.3, 0.4) is 0 Å². The number of hydrogen-bond acceptors (Lipinski definition) is 2. The number of carbonyl (C=O) groups excluding carboxylic acids is 1. The molecule has 0 spiro atoms. The van der Waals surface area contributed by atoms with Gasteiger partial charge in [0.1, 0.15) is 5.82 Å². The second kappa shape index (κ2) is 5.63. The van der Waals surface area contributed by atoms with Gasteiger partial charge < -0.3 is 10.6 Å². The van der Waals surface area contributed by atoms with Crippen LogP contribution in [0.15, 0.2) is 36.4 Å². The first kappa shape index (κ1) is 14.3. The number of benzene rings is 2. The van der Waals surface area contributed by atoms with Crippen LogP contribution in [0.4, 0.5) is 15.8 Å². The van der Waals surface area contributed by atoms with Gasteiger partial charge in [-0.05, 0) is 77.4 Å². The lowest BCUT2D eigenvalue weighted by Crippen LogP contribution is -2.36. The summed E-state index contributed by atoms with van der Waals surface area (Å²) in [4.78, 5) is 14.5. The van der Waals surface area contributed by atoms with Crippen LogP contribution in [-0.4, -0.2) is 12.5 Å². The van der Waals surface area contributed by atoms with E-state index in [1.165, 1.54) is 12.1 Å². The highest BCUT2D eigenvalue weighted by molar-refractivity contribution is 14.1. The first-order chi connectivity index (χ1) is 10.1. The van der Waals surface area contributed by atoms with Gasteiger partial charge in [0.25, 0.3) is 5.91 Å². The van der Waals surface area contributed by atoms with Crippen LogP contribution in [0.2, 0.25) is 0 Å². The first-order valence-electron chi connectivity index (χ1n) is 6.71.